The van der Waals surface area contributed by atoms with Gasteiger partial charge in [-0.25, -0.2) is 0 Å². The second-order valence-corrected chi connectivity index (χ2v) is 8.29. The van der Waals surface area contributed by atoms with Crippen LogP contribution >= 0.6 is 0 Å². The molecule has 4 aromatic carbocycles. The zero-order valence-electron chi connectivity index (χ0n) is 16.7. The summed E-state index contributed by atoms with van der Waals surface area (Å²) in [4.78, 5) is 3.53. The molecule has 1 N–H and O–H groups in total. The molecule has 2 heterocycles. The number of rotatable bonds is 2. The van der Waals surface area contributed by atoms with Gasteiger partial charge in [0.2, 0.25) is 0 Å². The normalized spacial score (nSPS) is 17.4. The van der Waals surface area contributed by atoms with Gasteiger partial charge in [-0.1, -0.05) is 36.4 Å². The van der Waals surface area contributed by atoms with Crippen LogP contribution in [0, 0.1) is 6.92 Å². The zero-order chi connectivity index (χ0) is 20.0. The number of aromatic nitrogens is 1. The molecule has 5 aromatic rings. The summed E-state index contributed by atoms with van der Waals surface area (Å²) in [5.41, 5.74) is 8.63. The largest absolute Gasteiger partial charge is 0.609 e. The quantitative estimate of drug-likeness (QED) is 0.420. The monoisotopic (exact) mass is 385 g/mol. The molecule has 0 fully saturated rings. The molecule has 0 saturated carbocycles. The van der Waals surface area contributed by atoms with E-state index in [0.717, 1.165) is 51.7 Å². The molecular weight excluding hydrogens is 365 g/mol. The Morgan fingerprint density at radius 3 is 2.07 bits per heavy atom. The summed E-state index contributed by atoms with van der Waals surface area (Å²) in [5.74, 6) is 0. The molecule has 0 amide bonds. The molecule has 143 valence electrons. The number of fused-ring (bicyclic) bond motifs is 4. The highest BCUT2D eigenvalue weighted by molar-refractivity contribution is 6.37. The van der Waals surface area contributed by atoms with E-state index in [2.05, 4.69) is 48.3 Å². The summed E-state index contributed by atoms with van der Waals surface area (Å²) < 4.78 is 29.8. The fraction of sp³-hybridized carbons (Fsp3) is 0.208. The third kappa shape index (κ3) is 2.03. The van der Waals surface area contributed by atoms with Gasteiger partial charge in [0.25, 0.3) is 0 Å². The van der Waals surface area contributed by atoms with Gasteiger partial charge in [0.15, 0.2) is 5.70 Å². The van der Waals surface area contributed by atoms with E-state index in [-0.39, 0.29) is 0 Å². The summed E-state index contributed by atoms with van der Waals surface area (Å²) in [6.07, 6.45) is 1.86. The highest BCUT2D eigenvalue weighted by Crippen LogP contribution is 2.44. The maximum atomic E-state index is 14.3. The Hall–Kier alpha value is -2.95. The third-order valence-corrected chi connectivity index (χ3v) is 6.82. The number of hydrogen-bond donors (Lipinski definition) is 1. The molecule has 1 aliphatic heterocycles. The van der Waals surface area contributed by atoms with Crippen LogP contribution in [0.1, 0.15) is 47.5 Å². The smallest absolute Gasteiger partial charge is 0.433 e. The van der Waals surface area contributed by atoms with E-state index in [1.807, 2.05) is 13.8 Å². The van der Waals surface area contributed by atoms with E-state index in [4.69, 9.17) is 0 Å². The molecule has 1 aromatic heterocycles. The minimum absolute atomic E-state index is 0.660. The van der Waals surface area contributed by atoms with Crippen LogP contribution in [-0.2, 0) is 12.8 Å². The van der Waals surface area contributed by atoms with Crippen LogP contribution in [0.15, 0.2) is 36.4 Å². The average molecular weight is 385 g/mol. The summed E-state index contributed by atoms with van der Waals surface area (Å²) >= 11 is 0. The molecule has 0 saturated heterocycles. The highest BCUT2D eigenvalue weighted by Gasteiger charge is 2.40. The average Bonchev–Trinajstić information content (AvgIpc) is 3.27. The van der Waals surface area contributed by atoms with E-state index in [0.29, 0.717) is 11.4 Å². The Labute approximate surface area is 168 Å². The van der Waals surface area contributed by atoms with Gasteiger partial charge in [0, 0.05) is 29.0 Å². The number of aromatic amines is 1. The standard InChI is InChI=1S/C24H20BF2N2/c1-12(23-21-17-8-4-15(5-9-17)19(21)13(2)28-23)24-22-18-10-6-16(7-11-18)20(22)14(3)29(24)25(26)27/h4-6,8-10,28H,7,11H2,1-3H3/b24-12+. The first kappa shape index (κ1) is 17.0. The molecule has 0 unspecified atom stereocenters. The zero-order valence-corrected chi connectivity index (χ0v) is 16.7. The van der Waals surface area contributed by atoms with Gasteiger partial charge in [0.05, 0.1) is 16.8 Å². The van der Waals surface area contributed by atoms with E-state index in [1.165, 1.54) is 26.4 Å². The van der Waals surface area contributed by atoms with Crippen molar-refractivity contribution in [3.05, 3.63) is 70.0 Å². The van der Waals surface area contributed by atoms with Crippen LogP contribution in [0.2, 0.25) is 0 Å². The lowest BCUT2D eigenvalue weighted by Gasteiger charge is -2.19. The van der Waals surface area contributed by atoms with Crippen molar-refractivity contribution in [2.45, 2.75) is 33.6 Å². The Bertz CT molecular complexity index is 1390. The molecule has 29 heavy (non-hydrogen) atoms. The molecular formula is C24H20BF2N2. The van der Waals surface area contributed by atoms with Crippen molar-refractivity contribution in [1.29, 1.82) is 0 Å². The SMILES string of the molecule is CC1=[N+]([B-](F)F)/C(=C(\C)c2[nH]c(C)c3c4ccc(cc4)c23)c2c3ccc(c21)CC3. The maximum Gasteiger partial charge on any atom is 0.609 e. The summed E-state index contributed by atoms with van der Waals surface area (Å²) in [6, 6.07) is 12.7. The maximum absolute atomic E-state index is 14.3. The van der Waals surface area contributed by atoms with Crippen LogP contribution in [-0.4, -0.2) is 22.6 Å². The Morgan fingerprint density at radius 2 is 1.48 bits per heavy atom. The van der Waals surface area contributed by atoms with Gasteiger partial charge in [-0.2, -0.15) is 0 Å². The fourth-order valence-electron chi connectivity index (χ4n) is 5.56. The van der Waals surface area contributed by atoms with Crippen LogP contribution in [0.4, 0.5) is 8.63 Å². The molecule has 3 aliphatic rings. The van der Waals surface area contributed by atoms with Crippen molar-refractivity contribution in [3.63, 3.8) is 0 Å². The molecule has 8 rings (SSSR count). The molecule has 0 atom stereocenters. The topological polar surface area (TPSA) is 18.8 Å². The van der Waals surface area contributed by atoms with Crippen LogP contribution < -0.4 is 0 Å². The fourth-order valence-corrected chi connectivity index (χ4v) is 5.56. The van der Waals surface area contributed by atoms with E-state index in [1.54, 1.807) is 0 Å². The first-order chi connectivity index (χ1) is 14.0. The number of hydrogen-bond acceptors (Lipinski definition) is 0. The molecule has 5 heteroatoms. The number of halogens is 2. The number of aryl methyl sites for hydroxylation is 3. The summed E-state index contributed by atoms with van der Waals surface area (Å²) in [6.45, 7) is 5.88. The Kier molecular flexibility index (Phi) is 3.25. The molecule has 4 bridgehead atoms. The van der Waals surface area contributed by atoms with Crippen LogP contribution in [0.25, 0.3) is 32.8 Å². The van der Waals surface area contributed by atoms with Gasteiger partial charge in [-0.15, -0.1) is 0 Å². The number of H-pyrrole nitrogens is 1. The summed E-state index contributed by atoms with van der Waals surface area (Å²) in [7, 11) is -2.57. The minimum Gasteiger partial charge on any atom is -0.433 e. The Balaban J connectivity index is 1.74. The Morgan fingerprint density at radius 1 is 0.897 bits per heavy atom. The van der Waals surface area contributed by atoms with Crippen molar-refractivity contribution in [2.75, 3.05) is 0 Å². The van der Waals surface area contributed by atoms with Gasteiger partial charge in [0.1, 0.15) is 5.71 Å². The number of nitrogens with zero attached hydrogens (tertiary/aromatic N) is 1. The third-order valence-electron chi connectivity index (χ3n) is 6.82. The number of allylic oxidation sites excluding steroid dienone is 1. The number of benzene rings is 4. The summed E-state index contributed by atoms with van der Waals surface area (Å²) in [5, 5.41) is 4.65. The van der Waals surface area contributed by atoms with Gasteiger partial charge in [-0.05, 0) is 48.6 Å². The van der Waals surface area contributed by atoms with Crippen molar-refractivity contribution >= 4 is 45.9 Å². The van der Waals surface area contributed by atoms with E-state index < -0.39 is 7.40 Å². The minimum atomic E-state index is -2.57. The predicted molar refractivity (Wildman–Crippen MR) is 116 cm³/mol. The van der Waals surface area contributed by atoms with Crippen molar-refractivity contribution < 1.29 is 13.1 Å². The van der Waals surface area contributed by atoms with Gasteiger partial charge >= 0.3 is 7.40 Å². The molecule has 1 radical (unpaired) electrons. The van der Waals surface area contributed by atoms with Crippen LogP contribution in [0.3, 0.4) is 0 Å². The molecule has 0 spiro atoms. The second-order valence-electron chi connectivity index (χ2n) is 8.29. The van der Waals surface area contributed by atoms with Crippen molar-refractivity contribution in [3.8, 4) is 0 Å². The predicted octanol–water partition coefficient (Wildman–Crippen LogP) is 5.81. The van der Waals surface area contributed by atoms with Crippen LogP contribution in [0.5, 0.6) is 0 Å². The lowest BCUT2D eigenvalue weighted by Crippen LogP contribution is -2.23. The molecule has 2 nitrogen and oxygen atoms in total. The molecule has 2 aliphatic carbocycles. The highest BCUT2D eigenvalue weighted by atomic mass is 19.2. The lowest BCUT2D eigenvalue weighted by molar-refractivity contribution is -0.297. The first-order valence-electron chi connectivity index (χ1n) is 10.1. The van der Waals surface area contributed by atoms with E-state index >= 15 is 0 Å². The lowest BCUT2D eigenvalue weighted by atomic mass is 9.83. The first-order valence-corrected chi connectivity index (χ1v) is 10.1. The van der Waals surface area contributed by atoms with Crippen molar-refractivity contribution in [2.24, 2.45) is 0 Å². The van der Waals surface area contributed by atoms with E-state index in [9.17, 15) is 8.63 Å². The van der Waals surface area contributed by atoms with Gasteiger partial charge in [-0.3, -0.25) is 0 Å². The second kappa shape index (κ2) is 5.56. The number of nitrogens with one attached hydrogen (secondary N) is 1. The van der Waals surface area contributed by atoms with Crippen molar-refractivity contribution in [1.82, 2.24) is 4.98 Å². The van der Waals surface area contributed by atoms with Gasteiger partial charge < -0.3 is 18.1 Å².